The third-order valence-corrected chi connectivity index (χ3v) is 6.76. The maximum Gasteiger partial charge on any atom is 0.0656 e. The molecule has 0 aromatic rings. The van der Waals surface area contributed by atoms with Gasteiger partial charge in [0.2, 0.25) is 0 Å². The molecule has 0 bridgehead atoms. The maximum absolute atomic E-state index is 11.0. The Hall–Kier alpha value is -0.560. The molecule has 2 rings (SSSR count). The SMILES string of the molecule is C=C/C(C)=C/C[C@H]1[C@@]2(C)CCCC(C)(C)[C@@H]2CC[C@@]1(C)O. The molecule has 21 heavy (non-hydrogen) atoms. The lowest BCUT2D eigenvalue weighted by atomic mass is 9.45. The average Bonchev–Trinajstić information content (AvgIpc) is 2.35. The first-order valence-electron chi connectivity index (χ1n) is 8.65. The smallest absolute Gasteiger partial charge is 0.0656 e. The maximum atomic E-state index is 11.0. The summed E-state index contributed by atoms with van der Waals surface area (Å²) in [6.07, 6.45) is 11.2. The molecule has 1 N–H and O–H groups in total. The van der Waals surface area contributed by atoms with Crippen molar-refractivity contribution in [2.45, 2.75) is 78.7 Å². The summed E-state index contributed by atoms with van der Waals surface area (Å²) in [6.45, 7) is 15.4. The largest absolute Gasteiger partial charge is 0.390 e. The first kappa shape index (κ1) is 16.8. The van der Waals surface area contributed by atoms with Gasteiger partial charge >= 0.3 is 0 Å². The first-order valence-corrected chi connectivity index (χ1v) is 8.65. The Morgan fingerprint density at radius 1 is 1.19 bits per heavy atom. The molecular formula is C20H34O. The Morgan fingerprint density at radius 3 is 2.48 bits per heavy atom. The molecule has 0 amide bonds. The van der Waals surface area contributed by atoms with Crippen LogP contribution in [0.1, 0.15) is 73.1 Å². The molecule has 0 radical (unpaired) electrons. The molecule has 0 heterocycles. The first-order chi connectivity index (χ1) is 9.63. The molecule has 2 fully saturated rings. The minimum atomic E-state index is -0.531. The number of allylic oxidation sites excluding steroid dienone is 3. The quantitative estimate of drug-likeness (QED) is 0.680. The number of aliphatic hydroxyl groups is 1. The summed E-state index contributed by atoms with van der Waals surface area (Å²) in [5.74, 6) is 1.10. The van der Waals surface area contributed by atoms with Crippen molar-refractivity contribution in [3.63, 3.8) is 0 Å². The van der Waals surface area contributed by atoms with E-state index < -0.39 is 5.60 Å². The fourth-order valence-corrected chi connectivity index (χ4v) is 5.53. The molecule has 2 saturated carbocycles. The van der Waals surface area contributed by atoms with Crippen molar-refractivity contribution in [3.05, 3.63) is 24.3 Å². The van der Waals surface area contributed by atoms with Crippen LogP contribution in [-0.4, -0.2) is 10.7 Å². The van der Waals surface area contributed by atoms with Crippen LogP contribution in [0, 0.1) is 22.7 Å². The zero-order valence-corrected chi connectivity index (χ0v) is 14.7. The van der Waals surface area contributed by atoms with E-state index in [9.17, 15) is 5.11 Å². The van der Waals surface area contributed by atoms with Gasteiger partial charge in [-0.25, -0.2) is 0 Å². The third-order valence-electron chi connectivity index (χ3n) is 6.76. The van der Waals surface area contributed by atoms with E-state index in [1.807, 2.05) is 6.08 Å². The van der Waals surface area contributed by atoms with E-state index in [-0.39, 0.29) is 5.41 Å². The van der Waals surface area contributed by atoms with Crippen LogP contribution in [0.4, 0.5) is 0 Å². The lowest BCUT2D eigenvalue weighted by Gasteiger charge is -2.61. The molecule has 1 nitrogen and oxygen atoms in total. The molecule has 2 aliphatic rings. The normalized spacial score (nSPS) is 43.2. The second kappa shape index (κ2) is 5.57. The minimum absolute atomic E-state index is 0.265. The van der Waals surface area contributed by atoms with Crippen LogP contribution in [0.3, 0.4) is 0 Å². The summed E-state index contributed by atoms with van der Waals surface area (Å²) in [5.41, 5.74) is 1.38. The Bertz CT molecular complexity index is 429. The average molecular weight is 290 g/mol. The summed E-state index contributed by atoms with van der Waals surface area (Å²) >= 11 is 0. The zero-order valence-electron chi connectivity index (χ0n) is 14.7. The third kappa shape index (κ3) is 2.99. The van der Waals surface area contributed by atoms with Crippen LogP contribution in [0.15, 0.2) is 24.3 Å². The predicted molar refractivity (Wildman–Crippen MR) is 91.1 cm³/mol. The molecule has 0 saturated heterocycles. The lowest BCUT2D eigenvalue weighted by Crippen LogP contribution is -2.57. The van der Waals surface area contributed by atoms with Crippen LogP contribution in [-0.2, 0) is 0 Å². The summed E-state index contributed by atoms with van der Waals surface area (Å²) in [7, 11) is 0. The molecular weight excluding hydrogens is 256 g/mol. The van der Waals surface area contributed by atoms with E-state index >= 15 is 0 Å². The van der Waals surface area contributed by atoms with Gasteiger partial charge in [0.25, 0.3) is 0 Å². The Kier molecular flexibility index (Phi) is 4.46. The van der Waals surface area contributed by atoms with E-state index in [2.05, 4.69) is 47.3 Å². The molecule has 0 aliphatic heterocycles. The number of rotatable bonds is 3. The minimum Gasteiger partial charge on any atom is -0.390 e. The molecule has 0 aromatic carbocycles. The van der Waals surface area contributed by atoms with Gasteiger partial charge in [-0.05, 0) is 68.6 Å². The predicted octanol–water partition coefficient (Wildman–Crippen LogP) is 5.50. The van der Waals surface area contributed by atoms with E-state index in [1.165, 1.54) is 31.3 Å². The van der Waals surface area contributed by atoms with Crippen molar-refractivity contribution in [2.75, 3.05) is 0 Å². The van der Waals surface area contributed by atoms with Crippen molar-refractivity contribution in [1.29, 1.82) is 0 Å². The second-order valence-electron chi connectivity index (χ2n) is 8.74. The van der Waals surface area contributed by atoms with Gasteiger partial charge in [-0.1, -0.05) is 51.5 Å². The highest BCUT2D eigenvalue weighted by Gasteiger charge is 2.57. The highest BCUT2D eigenvalue weighted by atomic mass is 16.3. The zero-order chi connectivity index (χ0) is 15.9. The summed E-state index contributed by atoms with van der Waals surface area (Å²) in [6, 6.07) is 0. The second-order valence-corrected chi connectivity index (χ2v) is 8.74. The van der Waals surface area contributed by atoms with Crippen molar-refractivity contribution < 1.29 is 5.11 Å². The van der Waals surface area contributed by atoms with E-state index in [1.54, 1.807) is 0 Å². The molecule has 4 atom stereocenters. The monoisotopic (exact) mass is 290 g/mol. The molecule has 0 aromatic heterocycles. The van der Waals surface area contributed by atoms with Crippen molar-refractivity contribution in [1.82, 2.24) is 0 Å². The highest BCUT2D eigenvalue weighted by molar-refractivity contribution is 5.15. The van der Waals surface area contributed by atoms with E-state index in [0.29, 0.717) is 11.3 Å². The van der Waals surface area contributed by atoms with Crippen molar-refractivity contribution in [3.8, 4) is 0 Å². The Labute approximate surface area is 131 Å². The molecule has 2 aliphatic carbocycles. The summed E-state index contributed by atoms with van der Waals surface area (Å²) in [4.78, 5) is 0. The molecule has 0 unspecified atom stereocenters. The topological polar surface area (TPSA) is 20.2 Å². The van der Waals surface area contributed by atoms with Crippen LogP contribution in [0.2, 0.25) is 0 Å². The van der Waals surface area contributed by atoms with Gasteiger partial charge < -0.3 is 5.11 Å². The number of fused-ring (bicyclic) bond motifs is 1. The molecule has 1 heteroatoms. The fourth-order valence-electron chi connectivity index (χ4n) is 5.53. The fraction of sp³-hybridized carbons (Fsp3) is 0.800. The van der Waals surface area contributed by atoms with Crippen LogP contribution in [0.5, 0.6) is 0 Å². The van der Waals surface area contributed by atoms with Gasteiger partial charge in [0.1, 0.15) is 0 Å². The highest BCUT2D eigenvalue weighted by Crippen LogP contribution is 2.62. The standard InChI is InChI=1S/C20H34O/c1-7-15(2)9-10-17-19(5)13-8-12-18(3,4)16(19)11-14-20(17,6)21/h7,9,16-17,21H,1,8,10-14H2,2-6H3/b15-9+/t16-,17-,19-,20+/m0/s1. The van der Waals surface area contributed by atoms with E-state index in [4.69, 9.17) is 0 Å². The van der Waals surface area contributed by atoms with Crippen LogP contribution >= 0.6 is 0 Å². The summed E-state index contributed by atoms with van der Waals surface area (Å²) in [5, 5.41) is 11.0. The molecule has 120 valence electrons. The van der Waals surface area contributed by atoms with Crippen LogP contribution < -0.4 is 0 Å². The Morgan fingerprint density at radius 2 is 1.86 bits per heavy atom. The van der Waals surface area contributed by atoms with Gasteiger partial charge in [0, 0.05) is 0 Å². The van der Waals surface area contributed by atoms with Gasteiger partial charge in [0.05, 0.1) is 5.60 Å². The lowest BCUT2D eigenvalue weighted by molar-refractivity contribution is -0.165. The van der Waals surface area contributed by atoms with Crippen LogP contribution in [0.25, 0.3) is 0 Å². The van der Waals surface area contributed by atoms with Gasteiger partial charge in [0.15, 0.2) is 0 Å². The van der Waals surface area contributed by atoms with Gasteiger partial charge in [-0.15, -0.1) is 0 Å². The number of hydrogen-bond acceptors (Lipinski definition) is 1. The summed E-state index contributed by atoms with van der Waals surface area (Å²) < 4.78 is 0. The van der Waals surface area contributed by atoms with Crippen molar-refractivity contribution in [2.24, 2.45) is 22.7 Å². The Balaban J connectivity index is 2.35. The van der Waals surface area contributed by atoms with E-state index in [0.717, 1.165) is 18.8 Å². The van der Waals surface area contributed by atoms with Gasteiger partial charge in [-0.2, -0.15) is 0 Å². The van der Waals surface area contributed by atoms with Crippen molar-refractivity contribution >= 4 is 0 Å². The molecule has 0 spiro atoms. The number of hydrogen-bond donors (Lipinski definition) is 1. The van der Waals surface area contributed by atoms with Gasteiger partial charge in [-0.3, -0.25) is 0 Å².